The van der Waals surface area contributed by atoms with E-state index in [1.54, 1.807) is 55.6 Å². The maximum absolute atomic E-state index is 12.5. The second-order valence-corrected chi connectivity index (χ2v) is 7.81. The molecule has 0 aliphatic heterocycles. The molecule has 3 aromatic rings. The molecular weight excluding hydrogens is 376 g/mol. The molecule has 0 aliphatic rings. The number of anilines is 2. The number of methoxy groups -OCH3 is 1. The lowest BCUT2D eigenvalue weighted by Crippen LogP contribution is -2.14. The van der Waals surface area contributed by atoms with Crippen molar-refractivity contribution in [1.29, 1.82) is 0 Å². The molecule has 1 amide bonds. The zero-order valence-electron chi connectivity index (χ0n) is 15.5. The van der Waals surface area contributed by atoms with Crippen LogP contribution in [0.2, 0.25) is 0 Å². The Morgan fingerprint density at radius 3 is 2.07 bits per heavy atom. The largest absolute Gasteiger partial charge is 0.497 e. The summed E-state index contributed by atoms with van der Waals surface area (Å²) in [6.07, 6.45) is 0. The van der Waals surface area contributed by atoms with Gasteiger partial charge < -0.3 is 10.1 Å². The first-order valence-corrected chi connectivity index (χ1v) is 10.0. The van der Waals surface area contributed by atoms with Crippen molar-refractivity contribution in [3.05, 3.63) is 83.9 Å². The smallest absolute Gasteiger partial charge is 0.261 e. The number of carbonyl (C=O) groups is 1. The molecule has 2 N–H and O–H groups in total. The Bertz CT molecular complexity index is 1080. The Labute approximate surface area is 164 Å². The van der Waals surface area contributed by atoms with Crippen LogP contribution in [0.3, 0.4) is 0 Å². The van der Waals surface area contributed by atoms with E-state index in [2.05, 4.69) is 10.0 Å². The summed E-state index contributed by atoms with van der Waals surface area (Å²) in [6, 6.07) is 19.8. The summed E-state index contributed by atoms with van der Waals surface area (Å²) in [5.74, 6) is 0.391. The molecule has 0 aromatic heterocycles. The predicted molar refractivity (Wildman–Crippen MR) is 109 cm³/mol. The van der Waals surface area contributed by atoms with E-state index in [9.17, 15) is 13.2 Å². The number of aryl methyl sites for hydroxylation is 1. The summed E-state index contributed by atoms with van der Waals surface area (Å²) in [5, 5.41) is 2.77. The number of ether oxygens (including phenoxy) is 1. The Morgan fingerprint density at radius 1 is 0.857 bits per heavy atom. The molecule has 0 radical (unpaired) electrons. The molecule has 0 spiro atoms. The predicted octanol–water partition coefficient (Wildman–Crippen LogP) is 4.06. The molecule has 3 rings (SSSR count). The highest BCUT2D eigenvalue weighted by Gasteiger charge is 2.15. The fourth-order valence-electron chi connectivity index (χ4n) is 2.62. The third kappa shape index (κ3) is 4.50. The first-order chi connectivity index (χ1) is 13.4. The van der Waals surface area contributed by atoms with Gasteiger partial charge in [0, 0.05) is 16.9 Å². The van der Waals surface area contributed by atoms with Gasteiger partial charge in [-0.15, -0.1) is 0 Å². The molecule has 6 nitrogen and oxygen atoms in total. The van der Waals surface area contributed by atoms with Gasteiger partial charge in [-0.2, -0.15) is 0 Å². The normalized spacial score (nSPS) is 10.9. The molecule has 0 saturated carbocycles. The molecule has 0 heterocycles. The average Bonchev–Trinajstić information content (AvgIpc) is 2.69. The van der Waals surface area contributed by atoms with Gasteiger partial charge in [0.05, 0.1) is 12.0 Å². The minimum Gasteiger partial charge on any atom is -0.497 e. The van der Waals surface area contributed by atoms with Crippen molar-refractivity contribution in [3.8, 4) is 5.75 Å². The molecule has 28 heavy (non-hydrogen) atoms. The molecular formula is C21H20N2O4S. The summed E-state index contributed by atoms with van der Waals surface area (Å²) in [5.41, 5.74) is 2.37. The lowest BCUT2D eigenvalue weighted by atomic mass is 10.1. The van der Waals surface area contributed by atoms with Gasteiger partial charge >= 0.3 is 0 Å². The highest BCUT2D eigenvalue weighted by molar-refractivity contribution is 7.92. The van der Waals surface area contributed by atoms with E-state index in [4.69, 9.17) is 4.74 Å². The Hall–Kier alpha value is -3.32. The summed E-state index contributed by atoms with van der Waals surface area (Å²) < 4.78 is 32.6. The van der Waals surface area contributed by atoms with Crippen LogP contribution in [0.4, 0.5) is 11.4 Å². The number of nitrogens with one attached hydrogen (secondary N) is 2. The molecule has 144 valence electrons. The molecule has 0 aliphatic carbocycles. The van der Waals surface area contributed by atoms with Gasteiger partial charge in [-0.1, -0.05) is 18.2 Å². The molecule has 0 bridgehead atoms. The zero-order valence-corrected chi connectivity index (χ0v) is 16.3. The van der Waals surface area contributed by atoms with Crippen molar-refractivity contribution in [3.63, 3.8) is 0 Å². The monoisotopic (exact) mass is 396 g/mol. The van der Waals surface area contributed by atoms with Crippen molar-refractivity contribution < 1.29 is 17.9 Å². The van der Waals surface area contributed by atoms with Crippen molar-refractivity contribution in [2.24, 2.45) is 0 Å². The van der Waals surface area contributed by atoms with E-state index in [0.29, 0.717) is 22.7 Å². The van der Waals surface area contributed by atoms with Gasteiger partial charge in [0.25, 0.3) is 15.9 Å². The summed E-state index contributed by atoms with van der Waals surface area (Å²) in [4.78, 5) is 12.5. The Balaban J connectivity index is 1.72. The molecule has 7 heteroatoms. The Kier molecular flexibility index (Phi) is 5.65. The first-order valence-electron chi connectivity index (χ1n) is 8.53. The van der Waals surface area contributed by atoms with Crippen molar-refractivity contribution in [2.45, 2.75) is 11.8 Å². The standard InChI is InChI=1S/C21H20N2O4S/c1-15-5-3-4-6-20(15)21(24)22-16-9-13-19(14-10-16)28(25,26)23-17-7-11-18(27-2)12-8-17/h3-14,23H,1-2H3,(H,22,24). The van der Waals surface area contributed by atoms with Crippen LogP contribution in [0.5, 0.6) is 5.75 Å². The third-order valence-corrected chi connectivity index (χ3v) is 5.55. The minimum absolute atomic E-state index is 0.0946. The number of carbonyl (C=O) groups excluding carboxylic acids is 1. The molecule has 0 atom stereocenters. The molecule has 0 saturated heterocycles. The lowest BCUT2D eigenvalue weighted by molar-refractivity contribution is 0.102. The van der Waals surface area contributed by atoms with E-state index in [-0.39, 0.29) is 10.8 Å². The topological polar surface area (TPSA) is 84.5 Å². The van der Waals surface area contributed by atoms with Crippen LogP contribution in [0.15, 0.2) is 77.7 Å². The summed E-state index contributed by atoms with van der Waals surface area (Å²) in [7, 11) is -2.20. The van der Waals surface area contributed by atoms with E-state index in [0.717, 1.165) is 5.56 Å². The second-order valence-electron chi connectivity index (χ2n) is 6.13. The summed E-state index contributed by atoms with van der Waals surface area (Å²) >= 11 is 0. The van der Waals surface area contributed by atoms with Crippen LogP contribution in [-0.4, -0.2) is 21.4 Å². The van der Waals surface area contributed by atoms with E-state index >= 15 is 0 Å². The Morgan fingerprint density at radius 2 is 1.46 bits per heavy atom. The molecule has 3 aromatic carbocycles. The molecule has 0 unspecified atom stereocenters. The number of benzene rings is 3. The lowest BCUT2D eigenvalue weighted by Gasteiger charge is -2.10. The fraction of sp³-hybridized carbons (Fsp3) is 0.0952. The van der Waals surface area contributed by atoms with Crippen LogP contribution in [-0.2, 0) is 10.0 Å². The number of hydrogen-bond acceptors (Lipinski definition) is 4. The summed E-state index contributed by atoms with van der Waals surface area (Å²) in [6.45, 7) is 1.86. The van der Waals surface area contributed by atoms with E-state index < -0.39 is 10.0 Å². The van der Waals surface area contributed by atoms with Gasteiger partial charge in [0.2, 0.25) is 0 Å². The highest BCUT2D eigenvalue weighted by Crippen LogP contribution is 2.21. The number of rotatable bonds is 6. The van der Waals surface area contributed by atoms with Crippen molar-refractivity contribution in [1.82, 2.24) is 0 Å². The minimum atomic E-state index is -3.74. The van der Waals surface area contributed by atoms with Crippen LogP contribution in [0.1, 0.15) is 15.9 Å². The maximum Gasteiger partial charge on any atom is 0.261 e. The maximum atomic E-state index is 12.5. The van der Waals surface area contributed by atoms with Crippen LogP contribution in [0, 0.1) is 6.92 Å². The van der Waals surface area contributed by atoms with Gasteiger partial charge in [0.15, 0.2) is 0 Å². The fourth-order valence-corrected chi connectivity index (χ4v) is 3.68. The van der Waals surface area contributed by atoms with Crippen molar-refractivity contribution >= 4 is 27.3 Å². The van der Waals surface area contributed by atoms with E-state index in [1.165, 1.54) is 12.1 Å². The van der Waals surface area contributed by atoms with Crippen LogP contribution in [0.25, 0.3) is 0 Å². The first kappa shape index (κ1) is 19.4. The van der Waals surface area contributed by atoms with Gasteiger partial charge in [0.1, 0.15) is 5.75 Å². The van der Waals surface area contributed by atoms with Crippen LogP contribution < -0.4 is 14.8 Å². The van der Waals surface area contributed by atoms with Gasteiger partial charge in [-0.05, 0) is 67.1 Å². The second kappa shape index (κ2) is 8.14. The highest BCUT2D eigenvalue weighted by atomic mass is 32.2. The van der Waals surface area contributed by atoms with Crippen LogP contribution >= 0.6 is 0 Å². The third-order valence-electron chi connectivity index (χ3n) is 4.15. The van der Waals surface area contributed by atoms with Gasteiger partial charge in [-0.3, -0.25) is 9.52 Å². The van der Waals surface area contributed by atoms with E-state index in [1.807, 2.05) is 19.1 Å². The number of amides is 1. The quantitative estimate of drug-likeness (QED) is 0.658. The van der Waals surface area contributed by atoms with Gasteiger partial charge in [-0.25, -0.2) is 8.42 Å². The number of hydrogen-bond donors (Lipinski definition) is 2. The SMILES string of the molecule is COc1ccc(NS(=O)(=O)c2ccc(NC(=O)c3ccccc3C)cc2)cc1. The zero-order chi connectivity index (χ0) is 20.1. The number of sulfonamides is 1. The molecule has 0 fully saturated rings. The average molecular weight is 396 g/mol. The van der Waals surface area contributed by atoms with Crippen molar-refractivity contribution in [2.75, 3.05) is 17.1 Å².